The number of hydrogen-bond acceptors (Lipinski definition) is 2. The van der Waals surface area contributed by atoms with E-state index >= 15 is 0 Å². The Labute approximate surface area is 105 Å². The summed E-state index contributed by atoms with van der Waals surface area (Å²) in [5.41, 5.74) is 0.268. The number of halogens is 4. The zero-order chi connectivity index (χ0) is 12.3. The average molecular weight is 314 g/mol. The summed E-state index contributed by atoms with van der Waals surface area (Å²) in [5.74, 6) is -0.425. The molecular weight excluding hydrogens is 305 g/mol. The van der Waals surface area contributed by atoms with Crippen LogP contribution in [0.1, 0.15) is 17.3 Å². The first kappa shape index (κ1) is 13.4. The summed E-state index contributed by atoms with van der Waals surface area (Å²) in [6.45, 7) is -1.32. The van der Waals surface area contributed by atoms with E-state index < -0.39 is 11.4 Å². The molecule has 0 aliphatic carbocycles. The highest BCUT2D eigenvalue weighted by molar-refractivity contribution is 9.10. The van der Waals surface area contributed by atoms with Crippen molar-refractivity contribution in [1.82, 2.24) is 0 Å². The summed E-state index contributed by atoms with van der Waals surface area (Å²) in [6.07, 6.45) is 0. The van der Waals surface area contributed by atoms with Crippen LogP contribution in [-0.2, 0) is 0 Å². The third kappa shape index (κ3) is 3.42. The standard InChI is InChI=1S/C10H8BrClF2O2/c1-5(11)9(15)6-2-3-7(12)8(4-6)16-10(13)14/h2-5,10H,1H3. The number of ether oxygens (including phenoxy) is 1. The predicted octanol–water partition coefficient (Wildman–Crippen LogP) is 3.91. The summed E-state index contributed by atoms with van der Waals surface area (Å²) < 4.78 is 28.2. The van der Waals surface area contributed by atoms with Crippen LogP contribution in [0.5, 0.6) is 5.75 Å². The molecule has 0 N–H and O–H groups in total. The van der Waals surface area contributed by atoms with E-state index in [1.54, 1.807) is 6.92 Å². The van der Waals surface area contributed by atoms with Crippen LogP contribution >= 0.6 is 27.5 Å². The van der Waals surface area contributed by atoms with Gasteiger partial charge in [0.15, 0.2) is 5.78 Å². The number of ketones is 1. The van der Waals surface area contributed by atoms with Gasteiger partial charge in [-0.05, 0) is 25.1 Å². The van der Waals surface area contributed by atoms with E-state index in [0.717, 1.165) is 0 Å². The number of hydrogen-bond donors (Lipinski definition) is 0. The zero-order valence-electron chi connectivity index (χ0n) is 8.22. The minimum atomic E-state index is -2.97. The van der Waals surface area contributed by atoms with Crippen LogP contribution < -0.4 is 4.74 Å². The number of carbonyl (C=O) groups excluding carboxylic acids is 1. The lowest BCUT2D eigenvalue weighted by molar-refractivity contribution is -0.0498. The highest BCUT2D eigenvalue weighted by Crippen LogP contribution is 2.28. The summed E-state index contributed by atoms with van der Waals surface area (Å²) in [7, 11) is 0. The molecule has 1 atom stereocenters. The predicted molar refractivity (Wildman–Crippen MR) is 60.8 cm³/mol. The molecule has 1 unspecified atom stereocenters. The van der Waals surface area contributed by atoms with E-state index in [-0.39, 0.29) is 22.1 Å². The third-order valence-electron chi connectivity index (χ3n) is 1.79. The topological polar surface area (TPSA) is 26.3 Å². The van der Waals surface area contributed by atoms with Gasteiger partial charge < -0.3 is 4.74 Å². The van der Waals surface area contributed by atoms with Crippen molar-refractivity contribution in [2.45, 2.75) is 18.4 Å². The van der Waals surface area contributed by atoms with E-state index in [1.807, 2.05) is 0 Å². The van der Waals surface area contributed by atoms with E-state index in [2.05, 4.69) is 20.7 Å². The maximum Gasteiger partial charge on any atom is 0.387 e. The van der Waals surface area contributed by atoms with E-state index in [4.69, 9.17) is 11.6 Å². The van der Waals surface area contributed by atoms with Crippen molar-refractivity contribution in [2.75, 3.05) is 0 Å². The maximum atomic E-state index is 12.0. The molecule has 0 saturated heterocycles. The second-order valence-electron chi connectivity index (χ2n) is 3.00. The van der Waals surface area contributed by atoms with Gasteiger partial charge in [0, 0.05) is 5.56 Å². The molecule has 6 heteroatoms. The van der Waals surface area contributed by atoms with Gasteiger partial charge in [0.05, 0.1) is 9.85 Å². The first-order valence-electron chi connectivity index (χ1n) is 4.34. The summed E-state index contributed by atoms with van der Waals surface area (Å²) in [4.78, 5) is 11.2. The van der Waals surface area contributed by atoms with Crippen LogP contribution in [0, 0.1) is 0 Å². The van der Waals surface area contributed by atoms with Gasteiger partial charge >= 0.3 is 6.61 Å². The Hall–Kier alpha value is -0.680. The van der Waals surface area contributed by atoms with Crippen molar-refractivity contribution in [2.24, 2.45) is 0 Å². The Morgan fingerprint density at radius 2 is 2.12 bits per heavy atom. The molecular formula is C10H8BrClF2O2. The zero-order valence-corrected chi connectivity index (χ0v) is 10.6. The first-order chi connectivity index (χ1) is 7.41. The molecule has 0 aliphatic heterocycles. The van der Waals surface area contributed by atoms with Crippen molar-refractivity contribution in [3.05, 3.63) is 28.8 Å². The Morgan fingerprint density at radius 3 is 2.62 bits per heavy atom. The minimum Gasteiger partial charge on any atom is -0.433 e. The first-order valence-corrected chi connectivity index (χ1v) is 5.64. The third-order valence-corrected chi connectivity index (χ3v) is 2.52. The largest absolute Gasteiger partial charge is 0.433 e. The minimum absolute atomic E-state index is 0.0408. The highest BCUT2D eigenvalue weighted by Gasteiger charge is 2.15. The van der Waals surface area contributed by atoms with Crippen molar-refractivity contribution >= 4 is 33.3 Å². The average Bonchev–Trinajstić information content (AvgIpc) is 2.19. The second kappa shape index (κ2) is 5.59. The monoisotopic (exact) mass is 312 g/mol. The maximum absolute atomic E-state index is 12.0. The van der Waals surface area contributed by atoms with Gasteiger partial charge in [0.25, 0.3) is 0 Å². The summed E-state index contributed by atoms with van der Waals surface area (Å²) >= 11 is 8.74. The van der Waals surface area contributed by atoms with Gasteiger partial charge in [0.2, 0.25) is 0 Å². The van der Waals surface area contributed by atoms with Gasteiger partial charge in [0.1, 0.15) is 5.75 Å². The van der Waals surface area contributed by atoms with Gasteiger partial charge in [-0.1, -0.05) is 27.5 Å². The van der Waals surface area contributed by atoms with Crippen molar-refractivity contribution in [3.8, 4) is 5.75 Å². The molecule has 0 aromatic heterocycles. The fourth-order valence-corrected chi connectivity index (χ4v) is 1.50. The number of rotatable bonds is 4. The van der Waals surface area contributed by atoms with Crippen LogP contribution in [-0.4, -0.2) is 17.2 Å². The lowest BCUT2D eigenvalue weighted by Gasteiger charge is -2.09. The second-order valence-corrected chi connectivity index (χ2v) is 4.78. The van der Waals surface area contributed by atoms with Crippen LogP contribution in [0.3, 0.4) is 0 Å². The molecule has 0 saturated carbocycles. The molecule has 1 aromatic carbocycles. The van der Waals surface area contributed by atoms with Gasteiger partial charge in [-0.15, -0.1) is 0 Å². The normalized spacial score (nSPS) is 12.6. The molecule has 0 spiro atoms. The molecule has 0 bridgehead atoms. The molecule has 1 aromatic rings. The highest BCUT2D eigenvalue weighted by atomic mass is 79.9. The van der Waals surface area contributed by atoms with Gasteiger partial charge in [-0.2, -0.15) is 8.78 Å². The fraction of sp³-hybridized carbons (Fsp3) is 0.300. The van der Waals surface area contributed by atoms with Gasteiger partial charge in [-0.3, -0.25) is 4.79 Å². The quantitative estimate of drug-likeness (QED) is 0.622. The Morgan fingerprint density at radius 1 is 1.50 bits per heavy atom. The molecule has 0 aliphatic rings. The van der Waals surface area contributed by atoms with Crippen LogP contribution in [0.2, 0.25) is 5.02 Å². The summed E-state index contributed by atoms with van der Waals surface area (Å²) in [6, 6.07) is 4.01. The number of benzene rings is 1. The Kier molecular flexibility index (Phi) is 4.68. The smallest absolute Gasteiger partial charge is 0.387 e. The molecule has 0 radical (unpaired) electrons. The molecule has 0 amide bonds. The van der Waals surface area contributed by atoms with Crippen molar-refractivity contribution in [3.63, 3.8) is 0 Å². The molecule has 16 heavy (non-hydrogen) atoms. The Bertz CT molecular complexity index is 396. The molecule has 2 nitrogen and oxygen atoms in total. The van der Waals surface area contributed by atoms with Crippen LogP contribution in [0.25, 0.3) is 0 Å². The van der Waals surface area contributed by atoms with Crippen LogP contribution in [0.15, 0.2) is 18.2 Å². The Balaban J connectivity index is 3.02. The van der Waals surface area contributed by atoms with Crippen molar-refractivity contribution in [1.29, 1.82) is 0 Å². The van der Waals surface area contributed by atoms with E-state index in [9.17, 15) is 13.6 Å². The van der Waals surface area contributed by atoms with E-state index in [0.29, 0.717) is 0 Å². The van der Waals surface area contributed by atoms with Crippen LogP contribution in [0.4, 0.5) is 8.78 Å². The molecule has 0 fully saturated rings. The molecule has 1 rings (SSSR count). The number of carbonyl (C=O) groups is 1. The lowest BCUT2D eigenvalue weighted by Crippen LogP contribution is -2.10. The number of Topliss-reactive ketones (excluding diaryl/α,β-unsaturated/α-hetero) is 1. The molecule has 0 heterocycles. The SMILES string of the molecule is CC(Br)C(=O)c1ccc(Cl)c(OC(F)F)c1. The fourth-order valence-electron chi connectivity index (χ4n) is 1.07. The lowest BCUT2D eigenvalue weighted by atomic mass is 10.1. The number of alkyl halides is 3. The van der Waals surface area contributed by atoms with Gasteiger partial charge in [-0.25, -0.2) is 0 Å². The van der Waals surface area contributed by atoms with E-state index in [1.165, 1.54) is 18.2 Å². The van der Waals surface area contributed by atoms with Crippen molar-refractivity contribution < 1.29 is 18.3 Å². The summed E-state index contributed by atoms with van der Waals surface area (Å²) in [5, 5.41) is 0.0408. The molecule has 88 valence electrons.